The topological polar surface area (TPSA) is 96.0 Å². The molecule has 2 amide bonds. The molecule has 0 spiro atoms. The maximum atomic E-state index is 13.4. The monoisotopic (exact) mass is 515 g/mol. The van der Waals surface area contributed by atoms with Gasteiger partial charge in [0, 0.05) is 13.6 Å². The molecule has 0 fully saturated rings. The number of likely N-dealkylation sites (N-methyl/N-ethyl adjacent to an activating group) is 1. The van der Waals surface area contributed by atoms with Crippen LogP contribution < -0.4 is 14.4 Å². The summed E-state index contributed by atoms with van der Waals surface area (Å²) in [6, 6.07) is 9.53. The van der Waals surface area contributed by atoms with Gasteiger partial charge in [-0.3, -0.25) is 13.9 Å². The lowest BCUT2D eigenvalue weighted by Gasteiger charge is -2.32. The van der Waals surface area contributed by atoms with Gasteiger partial charge in [-0.1, -0.05) is 25.1 Å². The Morgan fingerprint density at radius 3 is 2.31 bits per heavy atom. The summed E-state index contributed by atoms with van der Waals surface area (Å²) in [5.74, 6) is -0.704. The van der Waals surface area contributed by atoms with Crippen molar-refractivity contribution in [3.63, 3.8) is 0 Å². The summed E-state index contributed by atoms with van der Waals surface area (Å²) in [7, 11) is -1.27. The number of carbonyl (C=O) groups is 2. The molecule has 35 heavy (non-hydrogen) atoms. The van der Waals surface area contributed by atoms with Crippen LogP contribution >= 0.6 is 0 Å². The van der Waals surface area contributed by atoms with Crippen LogP contribution in [0.15, 0.2) is 48.5 Å². The molecule has 0 aliphatic heterocycles. The van der Waals surface area contributed by atoms with Gasteiger partial charge in [0.2, 0.25) is 21.8 Å². The Morgan fingerprint density at radius 1 is 1.11 bits per heavy atom. The Bertz CT molecular complexity index is 1160. The van der Waals surface area contributed by atoms with Gasteiger partial charge in [-0.05, 0) is 42.3 Å². The highest BCUT2D eigenvalue weighted by atomic mass is 32.2. The van der Waals surface area contributed by atoms with Crippen LogP contribution in [0.5, 0.6) is 5.75 Å². The first-order valence-electron chi connectivity index (χ1n) is 10.6. The van der Waals surface area contributed by atoms with Gasteiger partial charge >= 0.3 is 6.18 Å². The van der Waals surface area contributed by atoms with Gasteiger partial charge in [-0.15, -0.1) is 0 Å². The second kappa shape index (κ2) is 11.4. The van der Waals surface area contributed by atoms with Crippen molar-refractivity contribution in [2.75, 3.05) is 31.3 Å². The van der Waals surface area contributed by atoms with Crippen molar-refractivity contribution in [2.45, 2.75) is 32.1 Å². The van der Waals surface area contributed by atoms with Gasteiger partial charge in [-0.2, -0.15) is 13.2 Å². The molecule has 2 aromatic carbocycles. The summed E-state index contributed by atoms with van der Waals surface area (Å²) in [6.07, 6.45) is -3.69. The standard InChI is InChI=1S/C23H28F3N3O5S/c1-5-20(22(31)27-2)28(14-16-8-6-11-19(12-16)34-3)21(30)15-29(35(4,32)33)18-10-7-9-17(13-18)23(24,25)26/h6-13,20H,5,14-15H2,1-4H3,(H,27,31). The zero-order valence-electron chi connectivity index (χ0n) is 19.8. The number of sulfonamides is 1. The van der Waals surface area contributed by atoms with Crippen molar-refractivity contribution in [2.24, 2.45) is 0 Å². The summed E-state index contributed by atoms with van der Waals surface area (Å²) >= 11 is 0. The smallest absolute Gasteiger partial charge is 0.416 e. The average Bonchev–Trinajstić information content (AvgIpc) is 2.80. The number of carbonyl (C=O) groups excluding carboxylic acids is 2. The molecule has 2 aromatic rings. The van der Waals surface area contributed by atoms with Gasteiger partial charge < -0.3 is 15.0 Å². The van der Waals surface area contributed by atoms with Crippen LogP contribution in [-0.2, 0) is 32.3 Å². The lowest BCUT2D eigenvalue weighted by molar-refractivity contribution is -0.140. The third kappa shape index (κ3) is 7.35. The van der Waals surface area contributed by atoms with E-state index in [1.54, 1.807) is 31.2 Å². The lowest BCUT2D eigenvalue weighted by atomic mass is 10.1. The van der Waals surface area contributed by atoms with Crippen molar-refractivity contribution in [1.82, 2.24) is 10.2 Å². The number of rotatable bonds is 10. The molecule has 0 aromatic heterocycles. The van der Waals surface area contributed by atoms with Crippen LogP contribution in [0.25, 0.3) is 0 Å². The molecule has 192 valence electrons. The second-order valence-corrected chi connectivity index (χ2v) is 9.64. The Kier molecular flexibility index (Phi) is 9.13. The Hall–Kier alpha value is -3.28. The molecule has 12 heteroatoms. The number of nitrogens with zero attached hydrogens (tertiary/aromatic N) is 2. The summed E-state index contributed by atoms with van der Waals surface area (Å²) in [6.45, 7) is 0.840. The number of hydrogen-bond donors (Lipinski definition) is 1. The number of hydrogen-bond acceptors (Lipinski definition) is 5. The number of methoxy groups -OCH3 is 1. The Labute approximate surface area is 202 Å². The van der Waals surface area contributed by atoms with Crippen LogP contribution in [0, 0.1) is 0 Å². The maximum Gasteiger partial charge on any atom is 0.416 e. The zero-order chi connectivity index (χ0) is 26.4. The fourth-order valence-corrected chi connectivity index (χ4v) is 4.35. The Morgan fingerprint density at radius 2 is 1.77 bits per heavy atom. The molecule has 8 nitrogen and oxygen atoms in total. The fraction of sp³-hybridized carbons (Fsp3) is 0.391. The van der Waals surface area contributed by atoms with E-state index in [1.165, 1.54) is 25.1 Å². The molecule has 0 aliphatic rings. The van der Waals surface area contributed by atoms with Gasteiger partial charge in [0.25, 0.3) is 0 Å². The van der Waals surface area contributed by atoms with E-state index in [0.717, 1.165) is 18.4 Å². The molecule has 1 unspecified atom stereocenters. The van der Waals surface area contributed by atoms with Gasteiger partial charge in [0.15, 0.2) is 0 Å². The third-order valence-corrected chi connectivity index (χ3v) is 6.40. The fourth-order valence-electron chi connectivity index (χ4n) is 3.50. The van der Waals surface area contributed by atoms with Crippen molar-refractivity contribution < 1.29 is 35.9 Å². The van der Waals surface area contributed by atoms with Crippen LogP contribution in [-0.4, -0.2) is 58.1 Å². The van der Waals surface area contributed by atoms with E-state index in [-0.39, 0.29) is 18.7 Å². The number of amides is 2. The molecule has 0 radical (unpaired) electrons. The number of benzene rings is 2. The Balaban J connectivity index is 2.48. The lowest BCUT2D eigenvalue weighted by Crippen LogP contribution is -2.51. The molecule has 0 bridgehead atoms. The second-order valence-electron chi connectivity index (χ2n) is 7.73. The van der Waals surface area contributed by atoms with Gasteiger partial charge in [0.05, 0.1) is 24.6 Å². The summed E-state index contributed by atoms with van der Waals surface area (Å²) < 4.78 is 70.4. The maximum absolute atomic E-state index is 13.4. The van der Waals surface area contributed by atoms with Gasteiger partial charge in [0.1, 0.15) is 18.3 Å². The highest BCUT2D eigenvalue weighted by Gasteiger charge is 2.34. The highest BCUT2D eigenvalue weighted by molar-refractivity contribution is 7.92. The van der Waals surface area contributed by atoms with Crippen LogP contribution in [0.4, 0.5) is 18.9 Å². The van der Waals surface area contributed by atoms with Crippen molar-refractivity contribution in [3.05, 3.63) is 59.7 Å². The number of ether oxygens (including phenoxy) is 1. The minimum Gasteiger partial charge on any atom is -0.497 e. The minimum atomic E-state index is -4.70. The molecular weight excluding hydrogens is 487 g/mol. The van der Waals surface area contributed by atoms with E-state index in [4.69, 9.17) is 4.74 Å². The van der Waals surface area contributed by atoms with Gasteiger partial charge in [-0.25, -0.2) is 8.42 Å². The third-order valence-electron chi connectivity index (χ3n) is 5.26. The molecule has 1 atom stereocenters. The zero-order valence-corrected chi connectivity index (χ0v) is 20.6. The van der Waals surface area contributed by atoms with E-state index in [1.807, 2.05) is 0 Å². The number of alkyl halides is 3. The molecule has 0 heterocycles. The predicted octanol–water partition coefficient (Wildman–Crippen LogP) is 3.03. The van der Waals surface area contributed by atoms with E-state index in [2.05, 4.69) is 5.32 Å². The summed E-state index contributed by atoms with van der Waals surface area (Å²) in [5.41, 5.74) is -0.754. The first-order chi connectivity index (χ1) is 16.3. The molecule has 0 saturated carbocycles. The predicted molar refractivity (Wildman–Crippen MR) is 125 cm³/mol. The summed E-state index contributed by atoms with van der Waals surface area (Å²) in [4.78, 5) is 27.2. The number of anilines is 1. The largest absolute Gasteiger partial charge is 0.497 e. The van der Waals surface area contributed by atoms with E-state index in [9.17, 15) is 31.2 Å². The van der Waals surface area contributed by atoms with Crippen LogP contribution in [0.1, 0.15) is 24.5 Å². The summed E-state index contributed by atoms with van der Waals surface area (Å²) in [5, 5.41) is 2.48. The quantitative estimate of drug-likeness (QED) is 0.525. The first-order valence-corrected chi connectivity index (χ1v) is 12.5. The van der Waals surface area contributed by atoms with Crippen molar-refractivity contribution >= 4 is 27.5 Å². The molecule has 2 rings (SSSR count). The average molecular weight is 516 g/mol. The normalized spacial score (nSPS) is 12.5. The molecular formula is C23H28F3N3O5S. The van der Waals surface area contributed by atoms with E-state index < -0.39 is 46.2 Å². The van der Waals surface area contributed by atoms with Crippen molar-refractivity contribution in [1.29, 1.82) is 0 Å². The number of halogens is 3. The first kappa shape index (κ1) is 28.0. The molecule has 0 aliphatic carbocycles. The van der Waals surface area contributed by atoms with E-state index >= 15 is 0 Å². The SMILES string of the molecule is CCC(C(=O)NC)N(Cc1cccc(OC)c1)C(=O)CN(c1cccc(C(F)(F)F)c1)S(C)(=O)=O. The van der Waals surface area contributed by atoms with Crippen molar-refractivity contribution in [3.8, 4) is 5.75 Å². The van der Waals surface area contributed by atoms with Crippen LogP contribution in [0.3, 0.4) is 0 Å². The molecule has 1 N–H and O–H groups in total. The minimum absolute atomic E-state index is 0.0534. The van der Waals surface area contributed by atoms with E-state index in [0.29, 0.717) is 21.7 Å². The van der Waals surface area contributed by atoms with Crippen LogP contribution in [0.2, 0.25) is 0 Å². The number of nitrogens with one attached hydrogen (secondary N) is 1. The highest BCUT2D eigenvalue weighted by Crippen LogP contribution is 2.32. The molecule has 0 saturated heterocycles.